The summed E-state index contributed by atoms with van der Waals surface area (Å²) in [6.07, 6.45) is 8.16. The quantitative estimate of drug-likeness (QED) is 0.872. The van der Waals surface area contributed by atoms with Crippen molar-refractivity contribution < 1.29 is 4.79 Å². The number of nitrogens with zero attached hydrogens (tertiary/aromatic N) is 2. The molecule has 1 fully saturated rings. The number of nitrogens with one attached hydrogen (secondary N) is 1. The highest BCUT2D eigenvalue weighted by atomic mass is 32.2. The van der Waals surface area contributed by atoms with Crippen molar-refractivity contribution in [1.82, 2.24) is 5.32 Å². The van der Waals surface area contributed by atoms with Gasteiger partial charge in [-0.2, -0.15) is 0 Å². The molecule has 1 saturated carbocycles. The fourth-order valence-corrected chi connectivity index (χ4v) is 4.14. The van der Waals surface area contributed by atoms with E-state index in [1.54, 1.807) is 16.7 Å². The first-order valence-corrected chi connectivity index (χ1v) is 9.66. The number of hydrogen-bond acceptors (Lipinski definition) is 3. The standard InChI is InChI=1S/C18H25N3OS/c22-17(20-15-9-3-1-4-10-15)21(16-11-5-2-6-12-16)18-19-13-7-8-14-23-18/h2,5-6,11-12,15H,1,3-4,7-10,13-14H2,(H,20,22). The molecular formula is C18H25N3OS. The lowest BCUT2D eigenvalue weighted by Crippen LogP contribution is -2.47. The van der Waals surface area contributed by atoms with E-state index >= 15 is 0 Å². The summed E-state index contributed by atoms with van der Waals surface area (Å²) in [5, 5.41) is 4.06. The van der Waals surface area contributed by atoms with Crippen molar-refractivity contribution >= 4 is 28.6 Å². The summed E-state index contributed by atoms with van der Waals surface area (Å²) >= 11 is 1.69. The first-order valence-electron chi connectivity index (χ1n) is 8.67. The van der Waals surface area contributed by atoms with E-state index in [0.29, 0.717) is 6.04 Å². The Bertz CT molecular complexity index is 540. The monoisotopic (exact) mass is 331 g/mol. The molecular weight excluding hydrogens is 306 g/mol. The highest BCUT2D eigenvalue weighted by Gasteiger charge is 2.25. The van der Waals surface area contributed by atoms with Crippen molar-refractivity contribution in [2.24, 2.45) is 4.99 Å². The highest BCUT2D eigenvalue weighted by Crippen LogP contribution is 2.24. The third-order valence-corrected chi connectivity index (χ3v) is 5.43. The Morgan fingerprint density at radius 3 is 2.65 bits per heavy atom. The van der Waals surface area contributed by atoms with Gasteiger partial charge in [0.05, 0.1) is 5.69 Å². The number of amides is 2. The Morgan fingerprint density at radius 1 is 1.09 bits per heavy atom. The molecule has 124 valence electrons. The molecule has 2 aliphatic rings. The zero-order valence-corrected chi connectivity index (χ0v) is 14.4. The van der Waals surface area contributed by atoms with Crippen molar-refractivity contribution in [3.05, 3.63) is 30.3 Å². The normalized spacial score (nSPS) is 19.6. The first kappa shape index (κ1) is 16.4. The van der Waals surface area contributed by atoms with Gasteiger partial charge >= 0.3 is 6.03 Å². The van der Waals surface area contributed by atoms with Gasteiger partial charge in [-0.1, -0.05) is 49.2 Å². The number of amidine groups is 1. The predicted molar refractivity (Wildman–Crippen MR) is 98.3 cm³/mol. The van der Waals surface area contributed by atoms with Crippen LogP contribution in [0, 0.1) is 0 Å². The number of benzene rings is 1. The third-order valence-electron chi connectivity index (χ3n) is 4.37. The maximum absolute atomic E-state index is 12.9. The average Bonchev–Trinajstić information content (AvgIpc) is 2.86. The summed E-state index contributed by atoms with van der Waals surface area (Å²) in [4.78, 5) is 19.4. The lowest BCUT2D eigenvalue weighted by Gasteiger charge is -2.28. The third kappa shape index (κ3) is 4.50. The van der Waals surface area contributed by atoms with Crippen LogP contribution in [0.5, 0.6) is 0 Å². The zero-order valence-electron chi connectivity index (χ0n) is 13.5. The van der Waals surface area contributed by atoms with Gasteiger partial charge in [-0.05, 0) is 37.8 Å². The molecule has 5 heteroatoms. The van der Waals surface area contributed by atoms with Crippen LogP contribution in [-0.2, 0) is 0 Å². The maximum Gasteiger partial charge on any atom is 0.328 e. The Morgan fingerprint density at radius 2 is 1.87 bits per heavy atom. The van der Waals surface area contributed by atoms with Crippen molar-refractivity contribution in [2.75, 3.05) is 17.2 Å². The number of hydrogen-bond donors (Lipinski definition) is 1. The molecule has 2 amide bonds. The fraction of sp³-hybridized carbons (Fsp3) is 0.556. The van der Waals surface area contributed by atoms with Crippen molar-refractivity contribution in [1.29, 1.82) is 0 Å². The molecule has 0 atom stereocenters. The van der Waals surface area contributed by atoms with Crippen LogP contribution in [0.4, 0.5) is 10.5 Å². The van der Waals surface area contributed by atoms with Crippen LogP contribution < -0.4 is 10.2 Å². The number of carbonyl (C=O) groups is 1. The van der Waals surface area contributed by atoms with Crippen LogP contribution in [0.25, 0.3) is 0 Å². The van der Waals surface area contributed by atoms with E-state index in [0.717, 1.165) is 48.8 Å². The molecule has 4 nitrogen and oxygen atoms in total. The second kappa shape index (κ2) is 8.39. The number of thioether (sulfide) groups is 1. The van der Waals surface area contributed by atoms with Gasteiger partial charge in [0.2, 0.25) is 0 Å². The van der Waals surface area contributed by atoms with Gasteiger partial charge < -0.3 is 5.32 Å². The maximum atomic E-state index is 12.9. The summed E-state index contributed by atoms with van der Waals surface area (Å²) < 4.78 is 0. The van der Waals surface area contributed by atoms with Gasteiger partial charge in [-0.25, -0.2) is 9.69 Å². The second-order valence-electron chi connectivity index (χ2n) is 6.18. The van der Waals surface area contributed by atoms with Crippen LogP contribution in [-0.4, -0.2) is 29.5 Å². The van der Waals surface area contributed by atoms with Crippen molar-refractivity contribution in [2.45, 2.75) is 51.0 Å². The highest BCUT2D eigenvalue weighted by molar-refractivity contribution is 8.14. The Kier molecular flexibility index (Phi) is 5.97. The minimum atomic E-state index is -0.0313. The number of carbonyl (C=O) groups excluding carboxylic acids is 1. The van der Waals surface area contributed by atoms with E-state index in [1.807, 2.05) is 30.3 Å². The van der Waals surface area contributed by atoms with E-state index in [9.17, 15) is 4.79 Å². The molecule has 0 unspecified atom stereocenters. The van der Waals surface area contributed by atoms with Crippen LogP contribution in [0.15, 0.2) is 35.3 Å². The van der Waals surface area contributed by atoms with Crippen LogP contribution >= 0.6 is 11.8 Å². The van der Waals surface area contributed by atoms with Crippen molar-refractivity contribution in [3.8, 4) is 0 Å². The lowest BCUT2D eigenvalue weighted by atomic mass is 9.96. The van der Waals surface area contributed by atoms with Gasteiger partial charge in [0.15, 0.2) is 5.17 Å². The molecule has 1 aliphatic carbocycles. The summed E-state index contributed by atoms with van der Waals surface area (Å²) in [6.45, 7) is 0.808. The molecule has 0 bridgehead atoms. The summed E-state index contributed by atoms with van der Waals surface area (Å²) in [5.41, 5.74) is 0.897. The fourth-order valence-electron chi connectivity index (χ4n) is 3.11. The largest absolute Gasteiger partial charge is 0.335 e. The van der Waals surface area contributed by atoms with Gasteiger partial charge in [0, 0.05) is 18.3 Å². The molecule has 0 aromatic heterocycles. The van der Waals surface area contributed by atoms with Gasteiger partial charge in [-0.3, -0.25) is 4.99 Å². The van der Waals surface area contributed by atoms with E-state index in [1.165, 1.54) is 19.3 Å². The molecule has 23 heavy (non-hydrogen) atoms. The SMILES string of the molecule is O=C(NC1CCCCC1)N(C1=NCCCCS1)c1ccccc1. The second-order valence-corrected chi connectivity index (χ2v) is 7.24. The summed E-state index contributed by atoms with van der Waals surface area (Å²) in [5.74, 6) is 1.03. The van der Waals surface area contributed by atoms with E-state index < -0.39 is 0 Å². The lowest BCUT2D eigenvalue weighted by molar-refractivity contribution is 0.241. The number of anilines is 1. The molecule has 1 aliphatic heterocycles. The van der Waals surface area contributed by atoms with Crippen LogP contribution in [0.2, 0.25) is 0 Å². The molecule has 0 saturated heterocycles. The first-order chi connectivity index (χ1) is 11.3. The van der Waals surface area contributed by atoms with Crippen LogP contribution in [0.3, 0.4) is 0 Å². The summed E-state index contributed by atoms with van der Waals surface area (Å²) in [6, 6.07) is 10.2. The summed E-state index contributed by atoms with van der Waals surface area (Å²) in [7, 11) is 0. The molecule has 1 aromatic rings. The molecule has 1 aromatic carbocycles. The number of urea groups is 1. The number of aliphatic imine (C=N–C) groups is 1. The Labute approximate surface area is 142 Å². The molecule has 3 rings (SSSR count). The molecule has 0 spiro atoms. The smallest absolute Gasteiger partial charge is 0.328 e. The zero-order chi connectivity index (χ0) is 15.9. The minimum Gasteiger partial charge on any atom is -0.335 e. The van der Waals surface area contributed by atoms with Crippen LogP contribution in [0.1, 0.15) is 44.9 Å². The van der Waals surface area contributed by atoms with Gasteiger partial charge in [-0.15, -0.1) is 0 Å². The topological polar surface area (TPSA) is 44.7 Å². The van der Waals surface area contributed by atoms with E-state index in [2.05, 4.69) is 10.3 Å². The number of para-hydroxylation sites is 1. The van der Waals surface area contributed by atoms with E-state index in [-0.39, 0.29) is 6.03 Å². The van der Waals surface area contributed by atoms with Gasteiger partial charge in [0.25, 0.3) is 0 Å². The Hall–Kier alpha value is -1.49. The number of rotatable bonds is 2. The minimum absolute atomic E-state index is 0.0313. The van der Waals surface area contributed by atoms with Crippen molar-refractivity contribution in [3.63, 3.8) is 0 Å². The Balaban J connectivity index is 1.79. The van der Waals surface area contributed by atoms with Gasteiger partial charge in [0.1, 0.15) is 0 Å². The average molecular weight is 331 g/mol. The predicted octanol–water partition coefficient (Wildman–Crippen LogP) is 4.42. The molecule has 0 radical (unpaired) electrons. The molecule has 1 N–H and O–H groups in total. The van der Waals surface area contributed by atoms with E-state index in [4.69, 9.17) is 0 Å². The molecule has 1 heterocycles.